The molecule has 0 unspecified atom stereocenters. The molecular weight excluding hydrogens is 408 g/mol. The van der Waals surface area contributed by atoms with Gasteiger partial charge in [-0.1, -0.05) is 36.4 Å². The van der Waals surface area contributed by atoms with E-state index in [4.69, 9.17) is 4.74 Å². The highest BCUT2D eigenvalue weighted by atomic mass is 32.2. The van der Waals surface area contributed by atoms with Crippen molar-refractivity contribution in [2.24, 2.45) is 0 Å². The molecule has 2 aromatic carbocycles. The first-order chi connectivity index (χ1) is 13.8. The molecule has 1 heterocycles. The third-order valence-corrected chi connectivity index (χ3v) is 7.33. The van der Waals surface area contributed by atoms with Crippen LogP contribution in [0.2, 0.25) is 0 Å². The van der Waals surface area contributed by atoms with Crippen molar-refractivity contribution in [3.8, 4) is 0 Å². The third kappa shape index (κ3) is 4.49. The molecule has 0 bridgehead atoms. The van der Waals surface area contributed by atoms with E-state index in [1.54, 1.807) is 67.6 Å². The summed E-state index contributed by atoms with van der Waals surface area (Å²) in [6.45, 7) is 1.76. The van der Waals surface area contributed by atoms with Crippen molar-refractivity contribution in [3.63, 3.8) is 0 Å². The molecule has 0 fully saturated rings. The van der Waals surface area contributed by atoms with Crippen LogP contribution >= 0.6 is 11.8 Å². The fourth-order valence-corrected chi connectivity index (χ4v) is 5.88. The number of carbonyl (C=O) groups excluding carboxylic acids is 1. The highest BCUT2D eigenvalue weighted by Crippen LogP contribution is 2.39. The van der Waals surface area contributed by atoms with Crippen LogP contribution in [0, 0.1) is 0 Å². The van der Waals surface area contributed by atoms with Crippen LogP contribution in [0.1, 0.15) is 13.3 Å². The summed E-state index contributed by atoms with van der Waals surface area (Å²) >= 11 is 1.30. The van der Waals surface area contributed by atoms with Gasteiger partial charge in [0.1, 0.15) is 0 Å². The van der Waals surface area contributed by atoms with E-state index in [0.29, 0.717) is 27.1 Å². The molecular formula is C21H22N2O4S2. The van der Waals surface area contributed by atoms with Crippen molar-refractivity contribution in [2.45, 2.75) is 18.2 Å². The van der Waals surface area contributed by atoms with Crippen LogP contribution in [0.25, 0.3) is 0 Å². The monoisotopic (exact) mass is 430 g/mol. The van der Waals surface area contributed by atoms with Gasteiger partial charge in [-0.3, -0.25) is 5.32 Å². The first-order valence-electron chi connectivity index (χ1n) is 8.89. The molecule has 0 aliphatic carbocycles. The Bertz CT molecular complexity index is 1060. The summed E-state index contributed by atoms with van der Waals surface area (Å²) in [5.74, 6) is 0.329. The summed E-state index contributed by atoms with van der Waals surface area (Å²) in [7, 11) is -1.97. The van der Waals surface area contributed by atoms with E-state index >= 15 is 0 Å². The van der Waals surface area contributed by atoms with Gasteiger partial charge in [0.15, 0.2) is 0 Å². The first kappa shape index (κ1) is 21.0. The van der Waals surface area contributed by atoms with E-state index in [2.05, 4.69) is 5.32 Å². The number of nitrogens with one attached hydrogen (secondary N) is 1. The fraction of sp³-hybridized carbons (Fsp3) is 0.190. The maximum Gasteiger partial charge on any atom is 0.418 e. The van der Waals surface area contributed by atoms with Crippen LogP contribution in [-0.2, 0) is 14.6 Å². The van der Waals surface area contributed by atoms with Gasteiger partial charge in [0, 0.05) is 19.2 Å². The lowest BCUT2D eigenvalue weighted by Gasteiger charge is -2.31. The van der Waals surface area contributed by atoms with E-state index in [0.717, 1.165) is 0 Å². The Morgan fingerprint density at radius 2 is 1.66 bits per heavy atom. The summed E-state index contributed by atoms with van der Waals surface area (Å²) in [5.41, 5.74) is 1.27. The van der Waals surface area contributed by atoms with Crippen LogP contribution in [0.3, 0.4) is 0 Å². The van der Waals surface area contributed by atoms with Crippen molar-refractivity contribution in [3.05, 3.63) is 82.1 Å². The van der Waals surface area contributed by atoms with Crippen LogP contribution < -0.4 is 5.32 Å². The average Bonchev–Trinajstić information content (AvgIpc) is 2.72. The lowest BCUT2D eigenvalue weighted by Crippen LogP contribution is -2.29. The molecule has 0 saturated heterocycles. The van der Waals surface area contributed by atoms with Gasteiger partial charge in [-0.25, -0.2) is 13.2 Å². The van der Waals surface area contributed by atoms with E-state index in [1.165, 1.54) is 11.8 Å². The van der Waals surface area contributed by atoms with Crippen LogP contribution in [-0.4, -0.2) is 32.7 Å². The van der Waals surface area contributed by atoms with Gasteiger partial charge in [-0.05, 0) is 43.0 Å². The SMILES string of the molecule is CSC1=C(S(=O)(=O)c2ccccc2)CC(C)=C(OC(=O)Nc2ccccc2)N1C. The second-order valence-electron chi connectivity index (χ2n) is 6.45. The number of para-hydroxylation sites is 1. The van der Waals surface area contributed by atoms with Crippen LogP contribution in [0.15, 0.2) is 86.9 Å². The number of thioether (sulfide) groups is 1. The quantitative estimate of drug-likeness (QED) is 0.734. The van der Waals surface area contributed by atoms with Gasteiger partial charge >= 0.3 is 6.09 Å². The first-order valence-corrected chi connectivity index (χ1v) is 11.6. The highest BCUT2D eigenvalue weighted by Gasteiger charge is 2.33. The summed E-state index contributed by atoms with van der Waals surface area (Å²) < 4.78 is 31.9. The second kappa shape index (κ2) is 8.75. The number of rotatable bonds is 5. The van der Waals surface area contributed by atoms with Crippen molar-refractivity contribution < 1.29 is 17.9 Å². The van der Waals surface area contributed by atoms with Gasteiger partial charge in [0.2, 0.25) is 15.7 Å². The number of allylic oxidation sites excluding steroid dienone is 2. The molecule has 8 heteroatoms. The van der Waals surface area contributed by atoms with Crippen molar-refractivity contribution in [2.75, 3.05) is 18.6 Å². The fourth-order valence-electron chi connectivity index (χ4n) is 3.07. The highest BCUT2D eigenvalue weighted by molar-refractivity contribution is 8.03. The van der Waals surface area contributed by atoms with Crippen molar-refractivity contribution in [1.29, 1.82) is 0 Å². The second-order valence-corrected chi connectivity index (χ2v) is 9.22. The van der Waals surface area contributed by atoms with Gasteiger partial charge in [-0.2, -0.15) is 0 Å². The lowest BCUT2D eigenvalue weighted by atomic mass is 10.2. The average molecular weight is 431 g/mol. The van der Waals surface area contributed by atoms with Gasteiger partial charge in [0.25, 0.3) is 0 Å². The number of anilines is 1. The van der Waals surface area contributed by atoms with Crippen LogP contribution in [0.4, 0.5) is 10.5 Å². The molecule has 1 aliphatic heterocycles. The molecule has 0 spiro atoms. The Morgan fingerprint density at radius 3 is 2.24 bits per heavy atom. The van der Waals surface area contributed by atoms with Gasteiger partial charge < -0.3 is 9.64 Å². The Balaban J connectivity index is 1.87. The molecule has 0 aromatic heterocycles. The summed E-state index contributed by atoms with van der Waals surface area (Å²) in [5, 5.41) is 3.20. The molecule has 6 nitrogen and oxygen atoms in total. The Hall–Kier alpha value is -2.71. The zero-order valence-corrected chi connectivity index (χ0v) is 18.0. The minimum absolute atomic E-state index is 0.172. The van der Waals surface area contributed by atoms with Crippen molar-refractivity contribution in [1.82, 2.24) is 4.90 Å². The molecule has 1 N–H and O–H groups in total. The number of sulfone groups is 1. The molecule has 3 rings (SSSR count). The zero-order valence-electron chi connectivity index (χ0n) is 16.4. The van der Waals surface area contributed by atoms with E-state index < -0.39 is 15.9 Å². The molecule has 29 heavy (non-hydrogen) atoms. The van der Waals surface area contributed by atoms with Gasteiger partial charge in [0.05, 0.1) is 14.8 Å². The Kier molecular flexibility index (Phi) is 6.34. The van der Waals surface area contributed by atoms with Crippen LogP contribution in [0.5, 0.6) is 0 Å². The predicted octanol–water partition coefficient (Wildman–Crippen LogP) is 4.81. The minimum atomic E-state index is -3.66. The third-order valence-electron chi connectivity index (χ3n) is 4.42. The Labute approximate surface area is 175 Å². The summed E-state index contributed by atoms with van der Waals surface area (Å²) in [4.78, 5) is 14.5. The largest absolute Gasteiger partial charge is 0.418 e. The van der Waals surface area contributed by atoms with Gasteiger partial charge in [-0.15, -0.1) is 11.8 Å². The molecule has 0 radical (unpaired) electrons. The number of hydrogen-bond acceptors (Lipinski definition) is 6. The number of benzene rings is 2. The van der Waals surface area contributed by atoms with E-state index in [1.807, 2.05) is 18.2 Å². The molecule has 1 aliphatic rings. The van der Waals surface area contributed by atoms with E-state index in [9.17, 15) is 13.2 Å². The smallest absolute Gasteiger partial charge is 0.393 e. The standard InChI is InChI=1S/C21H22N2O4S2/c1-15-14-18(29(25,26)17-12-8-5-9-13-17)20(28-3)23(2)19(15)27-21(24)22-16-10-6-4-7-11-16/h4-13H,14H2,1-3H3,(H,22,24). The molecule has 0 atom stereocenters. The maximum absolute atomic E-state index is 13.2. The maximum atomic E-state index is 13.2. The summed E-state index contributed by atoms with van der Waals surface area (Å²) in [6.07, 6.45) is 1.34. The number of nitrogens with zero attached hydrogens (tertiary/aromatic N) is 1. The normalized spacial score (nSPS) is 14.8. The Morgan fingerprint density at radius 1 is 1.07 bits per heavy atom. The number of carbonyl (C=O) groups is 1. The van der Waals surface area contributed by atoms with E-state index in [-0.39, 0.29) is 11.3 Å². The molecule has 0 saturated carbocycles. The summed E-state index contributed by atoms with van der Waals surface area (Å²) in [6, 6.07) is 17.3. The predicted molar refractivity (Wildman–Crippen MR) is 116 cm³/mol. The number of hydrogen-bond donors (Lipinski definition) is 1. The molecule has 2 aromatic rings. The number of ether oxygens (including phenoxy) is 1. The topological polar surface area (TPSA) is 75.7 Å². The van der Waals surface area contributed by atoms with Crippen molar-refractivity contribution >= 4 is 33.4 Å². The lowest BCUT2D eigenvalue weighted by molar-refractivity contribution is 0.163. The molecule has 1 amide bonds. The minimum Gasteiger partial charge on any atom is -0.393 e. The number of amides is 1. The molecule has 152 valence electrons. The zero-order chi connectivity index (χ0) is 21.0.